The number of amides is 2. The number of ether oxygens (including phenoxy) is 1. The normalized spacial score (nSPS) is 21.4. The minimum absolute atomic E-state index is 0.151. The van der Waals surface area contributed by atoms with Gasteiger partial charge in [0.05, 0.1) is 12.0 Å². The third-order valence-corrected chi connectivity index (χ3v) is 4.34. The van der Waals surface area contributed by atoms with Crippen molar-refractivity contribution in [3.05, 3.63) is 30.1 Å². The van der Waals surface area contributed by atoms with E-state index in [0.717, 1.165) is 0 Å². The molecule has 7 heteroatoms. The quantitative estimate of drug-likeness (QED) is 0.835. The number of rotatable bonds is 6. The van der Waals surface area contributed by atoms with Gasteiger partial charge >= 0.3 is 12.0 Å². The van der Waals surface area contributed by atoms with E-state index >= 15 is 0 Å². The zero-order valence-electron chi connectivity index (χ0n) is 13.9. The van der Waals surface area contributed by atoms with Crippen LogP contribution in [0.4, 0.5) is 9.18 Å². The van der Waals surface area contributed by atoms with Crippen molar-refractivity contribution in [2.45, 2.75) is 32.8 Å². The number of halogens is 1. The molecule has 2 amide bonds. The van der Waals surface area contributed by atoms with Crippen molar-refractivity contribution in [3.8, 4) is 5.75 Å². The fourth-order valence-electron chi connectivity index (χ4n) is 2.61. The van der Waals surface area contributed by atoms with E-state index in [0.29, 0.717) is 19.4 Å². The molecule has 0 saturated carbocycles. The minimum Gasteiger partial charge on any atom is -0.486 e. The zero-order valence-corrected chi connectivity index (χ0v) is 13.9. The zero-order chi connectivity index (χ0) is 17.7. The van der Waals surface area contributed by atoms with E-state index in [1.54, 1.807) is 25.1 Å². The van der Waals surface area contributed by atoms with Crippen molar-refractivity contribution in [1.82, 2.24) is 10.2 Å². The first-order valence-corrected chi connectivity index (χ1v) is 8.03. The fourth-order valence-corrected chi connectivity index (χ4v) is 2.61. The Balaban J connectivity index is 1.86. The van der Waals surface area contributed by atoms with Crippen LogP contribution in [0.5, 0.6) is 5.75 Å². The number of carbonyl (C=O) groups excluding carboxylic acids is 1. The maximum atomic E-state index is 13.6. The van der Waals surface area contributed by atoms with Crippen LogP contribution in [0.3, 0.4) is 0 Å². The van der Waals surface area contributed by atoms with Crippen LogP contribution in [0.2, 0.25) is 0 Å². The predicted octanol–water partition coefficient (Wildman–Crippen LogP) is 2.49. The lowest BCUT2D eigenvalue weighted by Gasteiger charge is -2.23. The van der Waals surface area contributed by atoms with Gasteiger partial charge in [0.15, 0.2) is 11.6 Å². The monoisotopic (exact) mass is 338 g/mol. The smallest absolute Gasteiger partial charge is 0.317 e. The summed E-state index contributed by atoms with van der Waals surface area (Å²) >= 11 is 0. The van der Waals surface area contributed by atoms with Crippen molar-refractivity contribution in [2.24, 2.45) is 5.41 Å². The third kappa shape index (κ3) is 4.15. The van der Waals surface area contributed by atoms with E-state index in [2.05, 4.69) is 5.32 Å². The number of carbonyl (C=O) groups is 2. The molecule has 0 spiro atoms. The highest BCUT2D eigenvalue weighted by atomic mass is 19.1. The van der Waals surface area contributed by atoms with E-state index in [-0.39, 0.29) is 31.0 Å². The molecule has 2 unspecified atom stereocenters. The SMILES string of the molecule is CCC(CNC(=O)N1CCC(C)(C(=O)O)C1)Oc1ccccc1F. The first-order chi connectivity index (χ1) is 11.4. The van der Waals surface area contributed by atoms with Gasteiger partial charge in [0, 0.05) is 13.1 Å². The number of likely N-dealkylation sites (tertiary alicyclic amines) is 1. The van der Waals surface area contributed by atoms with E-state index in [1.807, 2.05) is 6.92 Å². The Labute approximate surface area is 140 Å². The molecular formula is C17H23FN2O4. The molecule has 1 heterocycles. The van der Waals surface area contributed by atoms with Crippen LogP contribution < -0.4 is 10.1 Å². The Morgan fingerprint density at radius 1 is 1.46 bits per heavy atom. The van der Waals surface area contributed by atoms with E-state index < -0.39 is 17.2 Å². The summed E-state index contributed by atoms with van der Waals surface area (Å²) < 4.78 is 19.2. The van der Waals surface area contributed by atoms with Gasteiger partial charge in [0.25, 0.3) is 0 Å². The molecule has 0 bridgehead atoms. The molecule has 0 aromatic heterocycles. The molecule has 1 aliphatic rings. The molecule has 0 radical (unpaired) electrons. The number of carboxylic acid groups (broad SMARTS) is 1. The number of hydrogen-bond acceptors (Lipinski definition) is 3. The van der Waals surface area contributed by atoms with E-state index in [9.17, 15) is 19.1 Å². The second kappa shape index (κ2) is 7.51. The number of carboxylic acids is 1. The number of hydrogen-bond donors (Lipinski definition) is 2. The molecule has 6 nitrogen and oxygen atoms in total. The summed E-state index contributed by atoms with van der Waals surface area (Å²) in [5, 5.41) is 11.9. The van der Waals surface area contributed by atoms with Crippen molar-refractivity contribution < 1.29 is 23.8 Å². The van der Waals surface area contributed by atoms with Crippen LogP contribution in [-0.4, -0.2) is 47.7 Å². The molecule has 2 N–H and O–H groups in total. The molecule has 1 saturated heterocycles. The van der Waals surface area contributed by atoms with Gasteiger partial charge in [-0.1, -0.05) is 19.1 Å². The summed E-state index contributed by atoms with van der Waals surface area (Å²) in [5.41, 5.74) is -0.898. The van der Waals surface area contributed by atoms with E-state index in [1.165, 1.54) is 11.0 Å². The number of para-hydroxylation sites is 1. The lowest BCUT2D eigenvalue weighted by Crippen LogP contribution is -2.44. The van der Waals surface area contributed by atoms with Gasteiger partial charge in [0.2, 0.25) is 0 Å². The van der Waals surface area contributed by atoms with Gasteiger partial charge in [-0.05, 0) is 31.9 Å². The van der Waals surface area contributed by atoms with Crippen LogP contribution in [0.15, 0.2) is 24.3 Å². The molecule has 132 valence electrons. The summed E-state index contributed by atoms with van der Waals surface area (Å²) in [6, 6.07) is 5.80. The highest BCUT2D eigenvalue weighted by molar-refractivity contribution is 5.79. The Morgan fingerprint density at radius 2 is 2.17 bits per heavy atom. The van der Waals surface area contributed by atoms with Crippen LogP contribution in [0.1, 0.15) is 26.7 Å². The van der Waals surface area contributed by atoms with Crippen LogP contribution in [0, 0.1) is 11.2 Å². The molecule has 0 aliphatic carbocycles. The summed E-state index contributed by atoms with van der Waals surface area (Å²) in [4.78, 5) is 24.9. The minimum atomic E-state index is -0.898. The molecular weight excluding hydrogens is 315 g/mol. The van der Waals surface area contributed by atoms with Crippen LogP contribution in [-0.2, 0) is 4.79 Å². The Hall–Kier alpha value is -2.31. The number of nitrogens with one attached hydrogen (secondary N) is 1. The summed E-state index contributed by atoms with van der Waals surface area (Å²) in [5.74, 6) is -1.19. The first-order valence-electron chi connectivity index (χ1n) is 8.03. The lowest BCUT2D eigenvalue weighted by atomic mass is 9.90. The van der Waals surface area contributed by atoms with Gasteiger partial charge in [-0.15, -0.1) is 0 Å². The predicted molar refractivity (Wildman–Crippen MR) is 86.4 cm³/mol. The van der Waals surface area contributed by atoms with Gasteiger partial charge in [-0.25, -0.2) is 9.18 Å². The van der Waals surface area contributed by atoms with Gasteiger partial charge in [-0.2, -0.15) is 0 Å². The number of urea groups is 1. The van der Waals surface area contributed by atoms with Crippen molar-refractivity contribution >= 4 is 12.0 Å². The van der Waals surface area contributed by atoms with Gasteiger partial charge < -0.3 is 20.1 Å². The second-order valence-corrected chi connectivity index (χ2v) is 6.30. The molecule has 24 heavy (non-hydrogen) atoms. The maximum absolute atomic E-state index is 13.6. The Kier molecular flexibility index (Phi) is 5.64. The average Bonchev–Trinajstić information content (AvgIpc) is 2.97. The summed E-state index contributed by atoms with van der Waals surface area (Å²) in [6.45, 7) is 4.33. The molecule has 1 aromatic rings. The van der Waals surface area contributed by atoms with Crippen molar-refractivity contribution in [1.29, 1.82) is 0 Å². The Bertz CT molecular complexity index is 610. The fraction of sp³-hybridized carbons (Fsp3) is 0.529. The van der Waals surface area contributed by atoms with E-state index in [4.69, 9.17) is 4.74 Å². The van der Waals surface area contributed by atoms with Crippen molar-refractivity contribution in [3.63, 3.8) is 0 Å². The lowest BCUT2D eigenvalue weighted by molar-refractivity contribution is -0.147. The topological polar surface area (TPSA) is 78.9 Å². The van der Waals surface area contributed by atoms with Crippen LogP contribution in [0.25, 0.3) is 0 Å². The van der Waals surface area contributed by atoms with Gasteiger partial charge in [-0.3, -0.25) is 4.79 Å². The highest BCUT2D eigenvalue weighted by Crippen LogP contribution is 2.30. The number of nitrogens with zero attached hydrogens (tertiary/aromatic N) is 1. The van der Waals surface area contributed by atoms with Gasteiger partial charge in [0.1, 0.15) is 6.10 Å². The standard InChI is InChI=1S/C17H23FN2O4/c1-3-12(24-14-7-5-4-6-13(14)18)10-19-16(23)20-9-8-17(2,11-20)15(21)22/h4-7,12H,3,8-11H2,1-2H3,(H,19,23)(H,21,22). The molecule has 1 aromatic carbocycles. The number of aliphatic carboxylic acids is 1. The summed E-state index contributed by atoms with van der Waals surface area (Å²) in [6.07, 6.45) is 0.666. The first kappa shape index (κ1) is 18.0. The Morgan fingerprint density at radius 3 is 2.75 bits per heavy atom. The number of benzene rings is 1. The average molecular weight is 338 g/mol. The molecule has 1 fully saturated rings. The largest absolute Gasteiger partial charge is 0.486 e. The molecule has 1 aliphatic heterocycles. The molecule has 2 atom stereocenters. The van der Waals surface area contributed by atoms with Crippen LogP contribution >= 0.6 is 0 Å². The third-order valence-electron chi connectivity index (χ3n) is 4.34. The summed E-state index contributed by atoms with van der Waals surface area (Å²) in [7, 11) is 0. The molecule has 2 rings (SSSR count). The second-order valence-electron chi connectivity index (χ2n) is 6.30. The maximum Gasteiger partial charge on any atom is 0.317 e. The highest BCUT2D eigenvalue weighted by Gasteiger charge is 2.42. The van der Waals surface area contributed by atoms with Crippen molar-refractivity contribution in [2.75, 3.05) is 19.6 Å².